The summed E-state index contributed by atoms with van der Waals surface area (Å²) in [6.45, 7) is 0.556. The molecule has 0 N–H and O–H groups in total. The predicted molar refractivity (Wildman–Crippen MR) is 86.7 cm³/mol. The highest BCUT2D eigenvalue weighted by Gasteiger charge is 2.36. The zero-order valence-electron chi connectivity index (χ0n) is 13.7. The second-order valence-corrected chi connectivity index (χ2v) is 5.85. The first-order valence-electron chi connectivity index (χ1n) is 7.97. The number of carbonyl (C=O) groups is 1. The van der Waals surface area contributed by atoms with Gasteiger partial charge in [-0.3, -0.25) is 4.79 Å². The van der Waals surface area contributed by atoms with Crippen LogP contribution in [0.5, 0.6) is 11.5 Å². The monoisotopic (exact) mass is 348 g/mol. The van der Waals surface area contributed by atoms with E-state index in [-0.39, 0.29) is 19.1 Å². The summed E-state index contributed by atoms with van der Waals surface area (Å²) in [7, 11) is 1.58. The topological polar surface area (TPSA) is 44.8 Å². The van der Waals surface area contributed by atoms with Crippen molar-refractivity contribution in [1.29, 1.82) is 0 Å². The Labute approximate surface area is 144 Å². The number of methoxy groups -OCH3 is 1. The van der Waals surface area contributed by atoms with Gasteiger partial charge in [0.15, 0.2) is 11.6 Å². The minimum atomic E-state index is -0.981. The molecule has 0 bridgehead atoms. The Bertz CT molecular complexity index is 746. The van der Waals surface area contributed by atoms with Gasteiger partial charge < -0.3 is 14.2 Å². The number of hydrogen-bond acceptors (Lipinski definition) is 4. The lowest BCUT2D eigenvalue weighted by atomic mass is 9.83. The Hall–Kier alpha value is -2.63. The molecular formula is C19H18F2O4. The van der Waals surface area contributed by atoms with Crippen LogP contribution in [0.2, 0.25) is 0 Å². The first kappa shape index (κ1) is 17.2. The van der Waals surface area contributed by atoms with E-state index in [2.05, 4.69) is 0 Å². The lowest BCUT2D eigenvalue weighted by molar-refractivity contribution is -0.152. The van der Waals surface area contributed by atoms with Crippen molar-refractivity contribution < 1.29 is 27.8 Å². The molecule has 0 aliphatic carbocycles. The lowest BCUT2D eigenvalue weighted by Gasteiger charge is -2.30. The van der Waals surface area contributed by atoms with Crippen LogP contribution in [0.4, 0.5) is 8.78 Å². The van der Waals surface area contributed by atoms with Crippen molar-refractivity contribution in [3.05, 3.63) is 59.7 Å². The highest BCUT2D eigenvalue weighted by Crippen LogP contribution is 2.33. The molecule has 3 rings (SSSR count). The first-order chi connectivity index (χ1) is 12.1. The molecule has 1 fully saturated rings. The van der Waals surface area contributed by atoms with Crippen molar-refractivity contribution in [2.75, 3.05) is 20.3 Å². The van der Waals surface area contributed by atoms with Gasteiger partial charge in [0.05, 0.1) is 26.2 Å². The molecule has 1 saturated heterocycles. The van der Waals surface area contributed by atoms with E-state index >= 15 is 0 Å². The van der Waals surface area contributed by atoms with E-state index in [1.165, 1.54) is 6.07 Å². The standard InChI is InChI=1S/C19H18F2O4/c1-23-14-3-5-15(6-4-14)25-11-13-8-9-24-19(22)18(13)12-2-7-16(20)17(21)10-12/h2-7,10,13,18H,8-9,11H2,1H3/t13-,18-/m0/s1. The highest BCUT2D eigenvalue weighted by atomic mass is 19.2. The molecule has 0 aromatic heterocycles. The van der Waals surface area contributed by atoms with Crippen LogP contribution in [0.25, 0.3) is 0 Å². The summed E-state index contributed by atoms with van der Waals surface area (Å²) in [6, 6.07) is 10.6. The molecule has 6 heteroatoms. The molecule has 1 heterocycles. The first-order valence-corrected chi connectivity index (χ1v) is 7.97. The van der Waals surface area contributed by atoms with Crippen molar-refractivity contribution in [3.63, 3.8) is 0 Å². The number of ether oxygens (including phenoxy) is 3. The Morgan fingerprint density at radius 2 is 1.80 bits per heavy atom. The number of esters is 1. The molecule has 0 unspecified atom stereocenters. The Kier molecular flexibility index (Phi) is 5.16. The Morgan fingerprint density at radius 3 is 2.48 bits per heavy atom. The average Bonchev–Trinajstić information content (AvgIpc) is 2.63. The van der Waals surface area contributed by atoms with Gasteiger partial charge in [-0.05, 0) is 48.4 Å². The van der Waals surface area contributed by atoms with Gasteiger partial charge in [-0.25, -0.2) is 8.78 Å². The second-order valence-electron chi connectivity index (χ2n) is 5.85. The van der Waals surface area contributed by atoms with Crippen LogP contribution in [-0.4, -0.2) is 26.3 Å². The molecule has 1 aliphatic heterocycles. The van der Waals surface area contributed by atoms with Gasteiger partial charge in [-0.15, -0.1) is 0 Å². The highest BCUT2D eigenvalue weighted by molar-refractivity contribution is 5.79. The molecule has 0 amide bonds. The normalized spacial score (nSPS) is 20.0. The van der Waals surface area contributed by atoms with Crippen molar-refractivity contribution in [1.82, 2.24) is 0 Å². The van der Waals surface area contributed by atoms with Crippen LogP contribution < -0.4 is 9.47 Å². The van der Waals surface area contributed by atoms with Gasteiger partial charge in [-0.1, -0.05) is 6.07 Å². The van der Waals surface area contributed by atoms with E-state index in [1.807, 2.05) is 0 Å². The number of cyclic esters (lactones) is 1. The fourth-order valence-corrected chi connectivity index (χ4v) is 2.93. The van der Waals surface area contributed by atoms with E-state index in [0.717, 1.165) is 12.1 Å². The van der Waals surface area contributed by atoms with Gasteiger partial charge in [0.1, 0.15) is 11.5 Å². The quantitative estimate of drug-likeness (QED) is 0.773. The molecule has 25 heavy (non-hydrogen) atoms. The van der Waals surface area contributed by atoms with Gasteiger partial charge >= 0.3 is 5.97 Å². The van der Waals surface area contributed by atoms with E-state index < -0.39 is 23.5 Å². The molecule has 0 spiro atoms. The molecule has 132 valence electrons. The maximum absolute atomic E-state index is 13.5. The predicted octanol–water partition coefficient (Wildman–Crippen LogP) is 3.70. The smallest absolute Gasteiger partial charge is 0.313 e. The summed E-state index contributed by atoms with van der Waals surface area (Å²) in [5.74, 6) is -1.88. The average molecular weight is 348 g/mol. The number of rotatable bonds is 5. The van der Waals surface area contributed by atoms with Crippen LogP contribution in [0.3, 0.4) is 0 Å². The largest absolute Gasteiger partial charge is 0.497 e. The van der Waals surface area contributed by atoms with Gasteiger partial charge in [0.2, 0.25) is 0 Å². The van der Waals surface area contributed by atoms with Crippen LogP contribution >= 0.6 is 0 Å². The number of halogens is 2. The minimum absolute atomic E-state index is 0.187. The number of hydrogen-bond donors (Lipinski definition) is 0. The van der Waals surface area contributed by atoms with Gasteiger partial charge in [0, 0.05) is 5.92 Å². The van der Waals surface area contributed by atoms with E-state index in [4.69, 9.17) is 14.2 Å². The Balaban J connectivity index is 1.75. The number of carbonyl (C=O) groups excluding carboxylic acids is 1. The van der Waals surface area contributed by atoms with Crippen LogP contribution in [0, 0.1) is 17.6 Å². The second kappa shape index (κ2) is 7.51. The summed E-state index contributed by atoms with van der Waals surface area (Å²) in [5, 5.41) is 0. The zero-order chi connectivity index (χ0) is 17.8. The molecular weight excluding hydrogens is 330 g/mol. The molecule has 1 aliphatic rings. The Morgan fingerprint density at radius 1 is 1.08 bits per heavy atom. The molecule has 2 aromatic rings. The fourth-order valence-electron chi connectivity index (χ4n) is 2.93. The third-order valence-electron chi connectivity index (χ3n) is 4.28. The van der Waals surface area contributed by atoms with Crippen LogP contribution in [0.1, 0.15) is 17.9 Å². The third kappa shape index (κ3) is 3.90. The van der Waals surface area contributed by atoms with Crippen molar-refractivity contribution >= 4 is 5.97 Å². The van der Waals surface area contributed by atoms with Gasteiger partial charge in [0.25, 0.3) is 0 Å². The SMILES string of the molecule is COc1ccc(OC[C@@H]2CCOC(=O)[C@H]2c2ccc(F)c(F)c2)cc1. The minimum Gasteiger partial charge on any atom is -0.497 e. The summed E-state index contributed by atoms with van der Waals surface area (Å²) in [4.78, 5) is 12.2. The molecule has 2 aromatic carbocycles. The van der Waals surface area contributed by atoms with Crippen LogP contribution in [-0.2, 0) is 9.53 Å². The summed E-state index contributed by atoms with van der Waals surface area (Å²) < 4.78 is 42.7. The molecule has 0 saturated carbocycles. The van der Waals surface area contributed by atoms with Crippen molar-refractivity contribution in [2.45, 2.75) is 12.3 Å². The van der Waals surface area contributed by atoms with E-state index in [9.17, 15) is 13.6 Å². The van der Waals surface area contributed by atoms with Crippen LogP contribution in [0.15, 0.2) is 42.5 Å². The maximum atomic E-state index is 13.5. The van der Waals surface area contributed by atoms with Crippen molar-refractivity contribution in [2.24, 2.45) is 5.92 Å². The fraction of sp³-hybridized carbons (Fsp3) is 0.316. The third-order valence-corrected chi connectivity index (χ3v) is 4.28. The zero-order valence-corrected chi connectivity index (χ0v) is 13.7. The van der Waals surface area contributed by atoms with Gasteiger partial charge in [-0.2, -0.15) is 0 Å². The summed E-state index contributed by atoms with van der Waals surface area (Å²) in [5.41, 5.74) is 0.395. The van der Waals surface area contributed by atoms with E-state index in [1.54, 1.807) is 31.4 Å². The summed E-state index contributed by atoms with van der Waals surface area (Å²) in [6.07, 6.45) is 0.589. The maximum Gasteiger partial charge on any atom is 0.313 e. The van der Waals surface area contributed by atoms with Crippen molar-refractivity contribution in [3.8, 4) is 11.5 Å². The molecule has 0 radical (unpaired) electrons. The summed E-state index contributed by atoms with van der Waals surface area (Å²) >= 11 is 0. The lowest BCUT2D eigenvalue weighted by Crippen LogP contribution is -2.34. The molecule has 4 nitrogen and oxygen atoms in total. The molecule has 2 atom stereocenters. The van der Waals surface area contributed by atoms with E-state index in [0.29, 0.717) is 23.5 Å². The number of benzene rings is 2.